The fraction of sp³-hybridized carbons (Fsp3) is 0.263. The Balaban J connectivity index is 1.98. The molecule has 0 fully saturated rings. The van der Waals surface area contributed by atoms with E-state index in [0.717, 1.165) is 0 Å². The molecule has 0 bridgehead atoms. The lowest BCUT2D eigenvalue weighted by Gasteiger charge is -2.16. The molecule has 6 nitrogen and oxygen atoms in total. The summed E-state index contributed by atoms with van der Waals surface area (Å²) in [7, 11) is 1.54. The third-order valence-electron chi connectivity index (χ3n) is 3.49. The van der Waals surface area contributed by atoms with E-state index in [0.29, 0.717) is 29.3 Å². The summed E-state index contributed by atoms with van der Waals surface area (Å²) in [6.45, 7) is 4.08. The Bertz CT molecular complexity index is 728. The molecule has 0 aliphatic rings. The SMILES string of the molecule is CCNC(=O)c1ccc(NC(=O)C(C)Oc2ccccc2OC)cc1. The zero-order valence-electron chi connectivity index (χ0n) is 14.5. The number of hydrogen-bond acceptors (Lipinski definition) is 4. The van der Waals surface area contributed by atoms with Gasteiger partial charge in [-0.2, -0.15) is 0 Å². The Morgan fingerprint density at radius 2 is 1.68 bits per heavy atom. The van der Waals surface area contributed by atoms with Crippen LogP contribution in [0.5, 0.6) is 11.5 Å². The van der Waals surface area contributed by atoms with Crippen molar-refractivity contribution in [2.75, 3.05) is 19.0 Å². The van der Waals surface area contributed by atoms with Crippen LogP contribution < -0.4 is 20.1 Å². The molecule has 0 spiro atoms. The summed E-state index contributed by atoms with van der Waals surface area (Å²) < 4.78 is 10.9. The first-order chi connectivity index (χ1) is 12.0. The Morgan fingerprint density at radius 3 is 2.28 bits per heavy atom. The zero-order valence-corrected chi connectivity index (χ0v) is 14.5. The van der Waals surface area contributed by atoms with Gasteiger partial charge in [0.2, 0.25) is 0 Å². The molecule has 1 unspecified atom stereocenters. The number of benzene rings is 2. The van der Waals surface area contributed by atoms with Crippen molar-refractivity contribution in [3.8, 4) is 11.5 Å². The number of hydrogen-bond donors (Lipinski definition) is 2. The zero-order chi connectivity index (χ0) is 18.2. The molecule has 2 rings (SSSR count). The van der Waals surface area contributed by atoms with Gasteiger partial charge >= 0.3 is 0 Å². The second-order valence-corrected chi connectivity index (χ2v) is 5.34. The van der Waals surface area contributed by atoms with Crippen molar-refractivity contribution in [2.45, 2.75) is 20.0 Å². The van der Waals surface area contributed by atoms with Gasteiger partial charge < -0.3 is 20.1 Å². The molecule has 0 aromatic heterocycles. The van der Waals surface area contributed by atoms with Gasteiger partial charge in [-0.15, -0.1) is 0 Å². The molecule has 2 N–H and O–H groups in total. The first-order valence-corrected chi connectivity index (χ1v) is 8.04. The highest BCUT2D eigenvalue weighted by atomic mass is 16.5. The lowest BCUT2D eigenvalue weighted by Crippen LogP contribution is -2.30. The average Bonchev–Trinajstić information content (AvgIpc) is 2.63. The van der Waals surface area contributed by atoms with Crippen molar-refractivity contribution in [1.29, 1.82) is 0 Å². The average molecular weight is 342 g/mol. The van der Waals surface area contributed by atoms with Crippen molar-refractivity contribution < 1.29 is 19.1 Å². The summed E-state index contributed by atoms with van der Waals surface area (Å²) >= 11 is 0. The van der Waals surface area contributed by atoms with E-state index in [9.17, 15) is 9.59 Å². The number of nitrogens with one attached hydrogen (secondary N) is 2. The van der Waals surface area contributed by atoms with Gasteiger partial charge in [0.25, 0.3) is 11.8 Å². The van der Waals surface area contributed by atoms with Crippen molar-refractivity contribution in [1.82, 2.24) is 5.32 Å². The predicted octanol–water partition coefficient (Wildman–Crippen LogP) is 2.85. The van der Waals surface area contributed by atoms with Gasteiger partial charge in [0, 0.05) is 17.8 Å². The Hall–Kier alpha value is -3.02. The van der Waals surface area contributed by atoms with Gasteiger partial charge in [-0.1, -0.05) is 12.1 Å². The number of rotatable bonds is 7. The Morgan fingerprint density at radius 1 is 1.04 bits per heavy atom. The maximum atomic E-state index is 12.3. The highest BCUT2D eigenvalue weighted by molar-refractivity contribution is 5.96. The second-order valence-electron chi connectivity index (χ2n) is 5.34. The molecule has 0 saturated carbocycles. The second kappa shape index (κ2) is 8.73. The van der Waals surface area contributed by atoms with Crippen LogP contribution in [0.1, 0.15) is 24.2 Å². The van der Waals surface area contributed by atoms with Crippen LogP contribution in [-0.2, 0) is 4.79 Å². The quantitative estimate of drug-likeness (QED) is 0.811. The van der Waals surface area contributed by atoms with Crippen LogP contribution in [0, 0.1) is 0 Å². The lowest BCUT2D eigenvalue weighted by molar-refractivity contribution is -0.122. The van der Waals surface area contributed by atoms with E-state index in [1.54, 1.807) is 50.4 Å². The fourth-order valence-corrected chi connectivity index (χ4v) is 2.17. The first kappa shape index (κ1) is 18.3. The number of carbonyl (C=O) groups is 2. The number of carbonyl (C=O) groups excluding carboxylic acids is 2. The van der Waals surface area contributed by atoms with Crippen molar-refractivity contribution in [2.24, 2.45) is 0 Å². The third-order valence-corrected chi connectivity index (χ3v) is 3.49. The van der Waals surface area contributed by atoms with E-state index in [4.69, 9.17) is 9.47 Å². The summed E-state index contributed by atoms with van der Waals surface area (Å²) in [6.07, 6.45) is -0.709. The number of amides is 2. The minimum Gasteiger partial charge on any atom is -0.493 e. The number of anilines is 1. The highest BCUT2D eigenvalue weighted by Crippen LogP contribution is 2.27. The highest BCUT2D eigenvalue weighted by Gasteiger charge is 2.17. The molecule has 0 radical (unpaired) electrons. The first-order valence-electron chi connectivity index (χ1n) is 8.04. The van der Waals surface area contributed by atoms with Crippen LogP contribution in [0.15, 0.2) is 48.5 Å². The molecule has 2 amide bonds. The van der Waals surface area contributed by atoms with Crippen LogP contribution in [0.25, 0.3) is 0 Å². The van der Waals surface area contributed by atoms with Gasteiger partial charge in [0.15, 0.2) is 17.6 Å². The molecule has 1 atom stereocenters. The molecule has 0 aliphatic heterocycles. The molecule has 2 aromatic rings. The van der Waals surface area contributed by atoms with Gasteiger partial charge in [0.1, 0.15) is 0 Å². The molecule has 0 aliphatic carbocycles. The molecular formula is C19H22N2O4. The van der Waals surface area contributed by atoms with E-state index in [-0.39, 0.29) is 11.8 Å². The van der Waals surface area contributed by atoms with Crippen molar-refractivity contribution in [3.63, 3.8) is 0 Å². The summed E-state index contributed by atoms with van der Waals surface area (Å²) in [5.74, 6) is 0.623. The molecular weight excluding hydrogens is 320 g/mol. The lowest BCUT2D eigenvalue weighted by atomic mass is 10.2. The van der Waals surface area contributed by atoms with Crippen molar-refractivity contribution in [3.05, 3.63) is 54.1 Å². The van der Waals surface area contributed by atoms with Crippen LogP contribution in [-0.4, -0.2) is 31.6 Å². The van der Waals surface area contributed by atoms with Crippen LogP contribution in [0.3, 0.4) is 0 Å². The van der Waals surface area contributed by atoms with E-state index in [2.05, 4.69) is 10.6 Å². The number of ether oxygens (including phenoxy) is 2. The van der Waals surface area contributed by atoms with E-state index >= 15 is 0 Å². The smallest absolute Gasteiger partial charge is 0.265 e. The van der Waals surface area contributed by atoms with Crippen LogP contribution in [0.2, 0.25) is 0 Å². The molecule has 132 valence electrons. The normalized spacial score (nSPS) is 11.3. The fourth-order valence-electron chi connectivity index (χ4n) is 2.17. The Kier molecular flexibility index (Phi) is 6.39. The summed E-state index contributed by atoms with van der Waals surface area (Å²) in [4.78, 5) is 24.0. The van der Waals surface area contributed by atoms with Gasteiger partial charge in [0.05, 0.1) is 7.11 Å². The van der Waals surface area contributed by atoms with Crippen LogP contribution in [0.4, 0.5) is 5.69 Å². The van der Waals surface area contributed by atoms with Gasteiger partial charge in [-0.25, -0.2) is 0 Å². The molecule has 6 heteroatoms. The molecule has 0 saturated heterocycles. The standard InChI is InChI=1S/C19H22N2O4/c1-4-20-19(23)14-9-11-15(12-10-14)21-18(22)13(2)25-17-8-6-5-7-16(17)24-3/h5-13H,4H2,1-3H3,(H,20,23)(H,21,22). The summed E-state index contributed by atoms with van der Waals surface area (Å²) in [5, 5.41) is 5.48. The molecule has 25 heavy (non-hydrogen) atoms. The van der Waals surface area contributed by atoms with E-state index in [1.165, 1.54) is 0 Å². The minimum atomic E-state index is -0.709. The summed E-state index contributed by atoms with van der Waals surface area (Å²) in [6, 6.07) is 13.8. The van der Waals surface area contributed by atoms with Crippen molar-refractivity contribution >= 4 is 17.5 Å². The largest absolute Gasteiger partial charge is 0.493 e. The van der Waals surface area contributed by atoms with Gasteiger partial charge in [-0.3, -0.25) is 9.59 Å². The Labute approximate surface area is 147 Å². The summed E-state index contributed by atoms with van der Waals surface area (Å²) in [5.41, 5.74) is 1.13. The van der Waals surface area contributed by atoms with Crippen LogP contribution >= 0.6 is 0 Å². The molecule has 2 aromatic carbocycles. The number of para-hydroxylation sites is 2. The maximum Gasteiger partial charge on any atom is 0.265 e. The number of methoxy groups -OCH3 is 1. The maximum absolute atomic E-state index is 12.3. The molecule has 0 heterocycles. The topological polar surface area (TPSA) is 76.7 Å². The minimum absolute atomic E-state index is 0.145. The van der Waals surface area contributed by atoms with E-state index < -0.39 is 6.10 Å². The van der Waals surface area contributed by atoms with Gasteiger partial charge in [-0.05, 0) is 50.2 Å². The van der Waals surface area contributed by atoms with E-state index in [1.807, 2.05) is 19.1 Å². The third kappa shape index (κ3) is 4.97. The monoisotopic (exact) mass is 342 g/mol. The predicted molar refractivity (Wildman–Crippen MR) is 96.2 cm³/mol.